The van der Waals surface area contributed by atoms with Crippen LogP contribution >= 0.6 is 11.8 Å². The van der Waals surface area contributed by atoms with E-state index in [9.17, 15) is 0 Å². The van der Waals surface area contributed by atoms with Crippen molar-refractivity contribution in [3.63, 3.8) is 0 Å². The van der Waals surface area contributed by atoms with Crippen LogP contribution in [0.2, 0.25) is 0 Å². The summed E-state index contributed by atoms with van der Waals surface area (Å²) in [5.41, 5.74) is 0. The first-order chi connectivity index (χ1) is 3.85. The monoisotopic (exact) mass is 129 g/mol. The molecule has 1 atom stereocenters. The second-order valence-corrected chi connectivity index (χ2v) is 2.96. The quantitative estimate of drug-likeness (QED) is 0.582. The summed E-state index contributed by atoms with van der Waals surface area (Å²) in [5, 5.41) is 8.61. The Morgan fingerprint density at radius 2 is 2.25 bits per heavy atom. The molecule has 2 heteroatoms. The molecule has 0 heterocycles. The van der Waals surface area contributed by atoms with Gasteiger partial charge < -0.3 is 0 Å². The summed E-state index contributed by atoms with van der Waals surface area (Å²) in [6.07, 6.45) is 0.967. The number of hydrogen-bond acceptors (Lipinski definition) is 2. The molecule has 0 amide bonds. The molecular formula is C6H11NS. The van der Waals surface area contributed by atoms with Crippen LogP contribution in [0, 0.1) is 11.3 Å². The van der Waals surface area contributed by atoms with E-state index in [2.05, 4.69) is 13.0 Å². The van der Waals surface area contributed by atoms with E-state index >= 15 is 0 Å². The highest BCUT2D eigenvalue weighted by Crippen LogP contribution is 2.11. The van der Waals surface area contributed by atoms with Gasteiger partial charge in [0.05, 0.1) is 11.3 Å². The predicted octanol–water partition coefficient (Wildman–Crippen LogP) is 2.04. The zero-order chi connectivity index (χ0) is 6.41. The Morgan fingerprint density at radius 1 is 1.62 bits per heavy atom. The predicted molar refractivity (Wildman–Crippen MR) is 37.8 cm³/mol. The lowest BCUT2D eigenvalue weighted by atomic mass is 10.4. The molecule has 1 unspecified atom stereocenters. The van der Waals surface area contributed by atoms with E-state index in [4.69, 9.17) is 5.26 Å². The highest BCUT2D eigenvalue weighted by molar-refractivity contribution is 8.00. The second kappa shape index (κ2) is 4.99. The van der Waals surface area contributed by atoms with Crippen LogP contribution in [-0.2, 0) is 0 Å². The van der Waals surface area contributed by atoms with Crippen LogP contribution in [0.1, 0.15) is 20.3 Å². The van der Waals surface area contributed by atoms with E-state index in [-0.39, 0.29) is 5.25 Å². The van der Waals surface area contributed by atoms with Gasteiger partial charge in [-0.2, -0.15) is 5.26 Å². The summed E-state index contributed by atoms with van der Waals surface area (Å²) < 4.78 is 0. The maximum Gasteiger partial charge on any atom is 0.0913 e. The first kappa shape index (κ1) is 7.84. The number of hydrogen-bond donors (Lipinski definition) is 0. The molecule has 0 aliphatic heterocycles. The summed E-state index contributed by atoms with van der Waals surface area (Å²) in [4.78, 5) is 0. The second-order valence-electron chi connectivity index (χ2n) is 1.48. The third-order valence-corrected chi connectivity index (χ3v) is 2.06. The van der Waals surface area contributed by atoms with Crippen LogP contribution in [0.25, 0.3) is 0 Å². The third-order valence-electron chi connectivity index (χ3n) is 0.883. The standard InChI is InChI=1S/C6H11NS/c1-3-6(5-7)8-4-2/h6H,3-4H2,1-2H3. The molecule has 0 aromatic rings. The van der Waals surface area contributed by atoms with Crippen molar-refractivity contribution in [2.24, 2.45) is 0 Å². The van der Waals surface area contributed by atoms with Gasteiger partial charge in [-0.3, -0.25) is 0 Å². The van der Waals surface area contributed by atoms with Crippen LogP contribution < -0.4 is 0 Å². The Kier molecular flexibility index (Phi) is 4.89. The fourth-order valence-corrected chi connectivity index (χ4v) is 1.16. The van der Waals surface area contributed by atoms with E-state index in [1.807, 2.05) is 6.92 Å². The fraction of sp³-hybridized carbons (Fsp3) is 0.833. The molecule has 0 radical (unpaired) electrons. The average molecular weight is 129 g/mol. The molecule has 0 bridgehead atoms. The van der Waals surface area contributed by atoms with Crippen molar-refractivity contribution in [3.05, 3.63) is 0 Å². The molecule has 1 nitrogen and oxygen atoms in total. The number of nitrogens with zero attached hydrogens (tertiary/aromatic N) is 1. The molecule has 0 saturated carbocycles. The van der Waals surface area contributed by atoms with Crippen LogP contribution in [0.5, 0.6) is 0 Å². The first-order valence-corrected chi connectivity index (χ1v) is 3.91. The Bertz CT molecular complexity index is 85.0. The molecule has 0 aromatic heterocycles. The Labute approximate surface area is 55.1 Å². The molecule has 0 aliphatic carbocycles. The molecular weight excluding hydrogens is 118 g/mol. The first-order valence-electron chi connectivity index (χ1n) is 2.86. The van der Waals surface area contributed by atoms with Crippen LogP contribution in [0.3, 0.4) is 0 Å². The SMILES string of the molecule is CCSC(C#N)CC. The maximum absolute atomic E-state index is 8.39. The van der Waals surface area contributed by atoms with Crippen molar-refractivity contribution < 1.29 is 0 Å². The van der Waals surface area contributed by atoms with Crippen molar-refractivity contribution in [1.82, 2.24) is 0 Å². The van der Waals surface area contributed by atoms with E-state index in [1.54, 1.807) is 11.8 Å². The lowest BCUT2D eigenvalue weighted by Gasteiger charge is -1.99. The molecule has 8 heavy (non-hydrogen) atoms. The number of nitriles is 1. The molecule has 46 valence electrons. The van der Waals surface area contributed by atoms with E-state index in [0.717, 1.165) is 12.2 Å². The largest absolute Gasteiger partial charge is 0.197 e. The van der Waals surface area contributed by atoms with Crippen molar-refractivity contribution in [3.8, 4) is 6.07 Å². The van der Waals surface area contributed by atoms with E-state index in [1.165, 1.54) is 0 Å². The van der Waals surface area contributed by atoms with E-state index < -0.39 is 0 Å². The Hall–Kier alpha value is -0.160. The van der Waals surface area contributed by atoms with Gasteiger partial charge in [-0.25, -0.2) is 0 Å². The third kappa shape index (κ3) is 2.92. The normalized spacial score (nSPS) is 12.6. The maximum atomic E-state index is 8.39. The van der Waals surface area contributed by atoms with Crippen molar-refractivity contribution in [2.45, 2.75) is 25.5 Å². The molecule has 0 saturated heterocycles. The van der Waals surface area contributed by atoms with Gasteiger partial charge in [-0.15, -0.1) is 11.8 Å². The van der Waals surface area contributed by atoms with Gasteiger partial charge in [-0.05, 0) is 12.2 Å². The van der Waals surface area contributed by atoms with Crippen molar-refractivity contribution in [1.29, 1.82) is 5.26 Å². The van der Waals surface area contributed by atoms with Gasteiger partial charge in [0.1, 0.15) is 0 Å². The summed E-state index contributed by atoms with van der Waals surface area (Å²) in [6, 6.07) is 2.22. The highest BCUT2D eigenvalue weighted by Gasteiger charge is 1.99. The lowest BCUT2D eigenvalue weighted by molar-refractivity contribution is 0.986. The zero-order valence-corrected chi connectivity index (χ0v) is 6.16. The van der Waals surface area contributed by atoms with Crippen molar-refractivity contribution in [2.75, 3.05) is 5.75 Å². The van der Waals surface area contributed by atoms with Gasteiger partial charge in [0.25, 0.3) is 0 Å². The minimum Gasteiger partial charge on any atom is -0.197 e. The van der Waals surface area contributed by atoms with Gasteiger partial charge in [-0.1, -0.05) is 13.8 Å². The topological polar surface area (TPSA) is 23.8 Å². The molecule has 0 N–H and O–H groups in total. The zero-order valence-electron chi connectivity index (χ0n) is 5.35. The van der Waals surface area contributed by atoms with Crippen molar-refractivity contribution >= 4 is 11.8 Å². The molecule has 0 rings (SSSR count). The minimum atomic E-state index is 0.222. The van der Waals surface area contributed by atoms with Crippen LogP contribution in [0.15, 0.2) is 0 Å². The number of thioether (sulfide) groups is 1. The molecule has 0 aliphatic rings. The minimum absolute atomic E-state index is 0.222. The summed E-state index contributed by atoms with van der Waals surface area (Å²) in [7, 11) is 0. The average Bonchev–Trinajstić information content (AvgIpc) is 1.83. The summed E-state index contributed by atoms with van der Waals surface area (Å²) in [6.45, 7) is 4.11. The molecule has 0 aromatic carbocycles. The van der Waals surface area contributed by atoms with Gasteiger partial charge in [0.2, 0.25) is 0 Å². The fourth-order valence-electron chi connectivity index (χ4n) is 0.448. The Morgan fingerprint density at radius 3 is 2.38 bits per heavy atom. The van der Waals surface area contributed by atoms with Crippen LogP contribution in [-0.4, -0.2) is 11.0 Å². The Balaban J connectivity index is 3.26. The van der Waals surface area contributed by atoms with Gasteiger partial charge in [0, 0.05) is 0 Å². The highest BCUT2D eigenvalue weighted by atomic mass is 32.2. The number of rotatable bonds is 3. The molecule has 0 spiro atoms. The summed E-state index contributed by atoms with van der Waals surface area (Å²) in [5.74, 6) is 1.05. The molecule has 0 fully saturated rings. The van der Waals surface area contributed by atoms with Crippen LogP contribution in [0.4, 0.5) is 0 Å². The smallest absolute Gasteiger partial charge is 0.0913 e. The van der Waals surface area contributed by atoms with Gasteiger partial charge in [0.15, 0.2) is 0 Å². The van der Waals surface area contributed by atoms with Gasteiger partial charge >= 0.3 is 0 Å². The lowest BCUT2D eigenvalue weighted by Crippen LogP contribution is -1.94. The van der Waals surface area contributed by atoms with E-state index in [0.29, 0.717) is 0 Å². The summed E-state index contributed by atoms with van der Waals surface area (Å²) >= 11 is 1.72.